The van der Waals surface area contributed by atoms with Gasteiger partial charge in [0.1, 0.15) is 5.82 Å². The molecule has 0 aromatic heterocycles. The maximum atomic E-state index is 13.2. The molecule has 0 N–H and O–H groups in total. The number of rotatable bonds is 6. The van der Waals surface area contributed by atoms with Crippen molar-refractivity contribution in [3.05, 3.63) is 59.9 Å². The fourth-order valence-electron chi connectivity index (χ4n) is 4.64. The SMILES string of the molecule is CC[C@@H](C)c1ccccc1N1C[C@@H](C(=O)N2CCN(S(=O)(=O)c3ccc(F)cc3)CC2)CC1=O. The highest BCUT2D eigenvalue weighted by Crippen LogP contribution is 2.34. The summed E-state index contributed by atoms with van der Waals surface area (Å²) < 4.78 is 40.2. The Bertz CT molecular complexity index is 1160. The Morgan fingerprint density at radius 2 is 1.71 bits per heavy atom. The summed E-state index contributed by atoms with van der Waals surface area (Å²) in [4.78, 5) is 29.4. The summed E-state index contributed by atoms with van der Waals surface area (Å²) in [6.45, 7) is 5.40. The minimum absolute atomic E-state index is 0.0330. The van der Waals surface area contributed by atoms with Crippen molar-refractivity contribution in [2.45, 2.75) is 37.5 Å². The highest BCUT2D eigenvalue weighted by molar-refractivity contribution is 7.89. The van der Waals surface area contributed by atoms with Gasteiger partial charge in [-0.15, -0.1) is 0 Å². The summed E-state index contributed by atoms with van der Waals surface area (Å²) in [7, 11) is -3.75. The molecule has 2 heterocycles. The lowest BCUT2D eigenvalue weighted by Gasteiger charge is -2.35. The summed E-state index contributed by atoms with van der Waals surface area (Å²) in [5.74, 6) is -0.823. The van der Waals surface area contributed by atoms with Gasteiger partial charge in [-0.3, -0.25) is 9.59 Å². The molecule has 182 valence electrons. The van der Waals surface area contributed by atoms with Gasteiger partial charge in [-0.2, -0.15) is 4.31 Å². The first kappa shape index (κ1) is 24.3. The van der Waals surface area contributed by atoms with E-state index in [9.17, 15) is 22.4 Å². The second-order valence-electron chi connectivity index (χ2n) is 8.96. The van der Waals surface area contributed by atoms with Gasteiger partial charge in [-0.05, 0) is 48.2 Å². The highest BCUT2D eigenvalue weighted by Gasteiger charge is 2.39. The van der Waals surface area contributed by atoms with Gasteiger partial charge in [0, 0.05) is 44.8 Å². The molecule has 2 amide bonds. The van der Waals surface area contributed by atoms with E-state index in [1.807, 2.05) is 24.3 Å². The number of hydrogen-bond acceptors (Lipinski definition) is 4. The van der Waals surface area contributed by atoms with Crippen LogP contribution in [0.2, 0.25) is 0 Å². The van der Waals surface area contributed by atoms with Crippen molar-refractivity contribution >= 4 is 27.5 Å². The average Bonchev–Trinajstić information content (AvgIpc) is 3.24. The van der Waals surface area contributed by atoms with Gasteiger partial charge in [0.05, 0.1) is 10.8 Å². The zero-order chi connectivity index (χ0) is 24.5. The molecule has 2 aromatic carbocycles. The number of halogens is 1. The second kappa shape index (κ2) is 9.84. The van der Waals surface area contributed by atoms with Gasteiger partial charge in [0.25, 0.3) is 0 Å². The predicted octanol–water partition coefficient (Wildman–Crippen LogP) is 3.23. The minimum Gasteiger partial charge on any atom is -0.340 e. The van der Waals surface area contributed by atoms with E-state index in [2.05, 4.69) is 13.8 Å². The van der Waals surface area contributed by atoms with Crippen LogP contribution in [0.25, 0.3) is 0 Å². The molecular weight excluding hydrogens is 457 g/mol. The highest BCUT2D eigenvalue weighted by atomic mass is 32.2. The molecule has 34 heavy (non-hydrogen) atoms. The number of benzene rings is 2. The maximum absolute atomic E-state index is 13.2. The predicted molar refractivity (Wildman–Crippen MR) is 127 cm³/mol. The first-order valence-electron chi connectivity index (χ1n) is 11.7. The molecule has 2 aliphatic rings. The molecule has 2 atom stereocenters. The fraction of sp³-hybridized carbons (Fsp3) is 0.440. The van der Waals surface area contributed by atoms with Gasteiger partial charge in [0.15, 0.2) is 0 Å². The third-order valence-corrected chi connectivity index (χ3v) is 8.76. The van der Waals surface area contributed by atoms with Gasteiger partial charge < -0.3 is 9.80 Å². The number of nitrogens with zero attached hydrogens (tertiary/aromatic N) is 3. The minimum atomic E-state index is -3.75. The van der Waals surface area contributed by atoms with Gasteiger partial charge in [-0.1, -0.05) is 32.0 Å². The zero-order valence-electron chi connectivity index (χ0n) is 19.5. The van der Waals surface area contributed by atoms with Crippen LogP contribution in [0.5, 0.6) is 0 Å². The Morgan fingerprint density at radius 1 is 1.06 bits per heavy atom. The molecule has 0 unspecified atom stereocenters. The number of carbonyl (C=O) groups is 2. The number of hydrogen-bond donors (Lipinski definition) is 0. The zero-order valence-corrected chi connectivity index (χ0v) is 20.3. The Kier molecular flexibility index (Phi) is 7.04. The molecule has 9 heteroatoms. The molecule has 2 aromatic rings. The van der Waals surface area contributed by atoms with Crippen molar-refractivity contribution in [1.29, 1.82) is 0 Å². The van der Waals surface area contributed by atoms with Crippen molar-refractivity contribution in [2.75, 3.05) is 37.6 Å². The first-order valence-corrected chi connectivity index (χ1v) is 13.1. The standard InChI is InChI=1S/C25H30FN3O4S/c1-3-18(2)22-6-4-5-7-23(22)29-17-19(16-24(29)30)25(31)27-12-14-28(15-13-27)34(32,33)21-10-8-20(26)9-11-21/h4-11,18-19H,3,12-17H2,1-2H3/t18-,19+/m1/s1. The largest absolute Gasteiger partial charge is 0.340 e. The molecule has 0 saturated carbocycles. The number of para-hydroxylation sites is 1. The Morgan fingerprint density at radius 3 is 2.35 bits per heavy atom. The lowest BCUT2D eigenvalue weighted by molar-refractivity contribution is -0.136. The van der Waals surface area contributed by atoms with Crippen LogP contribution in [-0.4, -0.2) is 62.2 Å². The van der Waals surface area contributed by atoms with Crippen LogP contribution in [0.3, 0.4) is 0 Å². The summed E-state index contributed by atoms with van der Waals surface area (Å²) in [5, 5.41) is 0. The van der Waals surface area contributed by atoms with Crippen LogP contribution in [0.4, 0.5) is 10.1 Å². The van der Waals surface area contributed by atoms with Crippen LogP contribution in [0, 0.1) is 11.7 Å². The molecular formula is C25H30FN3O4S. The van der Waals surface area contributed by atoms with Crippen molar-refractivity contribution in [2.24, 2.45) is 5.92 Å². The van der Waals surface area contributed by atoms with E-state index in [1.54, 1.807) is 9.80 Å². The summed E-state index contributed by atoms with van der Waals surface area (Å²) in [6, 6.07) is 12.6. The van der Waals surface area contributed by atoms with E-state index in [0.717, 1.165) is 29.8 Å². The van der Waals surface area contributed by atoms with Crippen molar-refractivity contribution in [1.82, 2.24) is 9.21 Å². The fourth-order valence-corrected chi connectivity index (χ4v) is 6.06. The van der Waals surface area contributed by atoms with E-state index in [0.29, 0.717) is 12.5 Å². The number of sulfonamides is 1. The number of anilines is 1. The number of amides is 2. The summed E-state index contributed by atoms with van der Waals surface area (Å²) in [6.07, 6.45) is 1.11. The van der Waals surface area contributed by atoms with Crippen molar-refractivity contribution in [3.8, 4) is 0 Å². The molecule has 0 radical (unpaired) electrons. The van der Waals surface area contributed by atoms with E-state index in [1.165, 1.54) is 16.4 Å². The normalized spacial score (nSPS) is 20.6. The molecule has 0 aliphatic carbocycles. The lowest BCUT2D eigenvalue weighted by Crippen LogP contribution is -2.52. The van der Waals surface area contributed by atoms with E-state index >= 15 is 0 Å². The van der Waals surface area contributed by atoms with Crippen LogP contribution in [0.15, 0.2) is 53.4 Å². The Labute approximate surface area is 200 Å². The van der Waals surface area contributed by atoms with Crippen LogP contribution < -0.4 is 4.90 Å². The Hall–Kier alpha value is -2.78. The van der Waals surface area contributed by atoms with Gasteiger partial charge in [0.2, 0.25) is 21.8 Å². The first-order chi connectivity index (χ1) is 16.2. The van der Waals surface area contributed by atoms with E-state index in [-0.39, 0.29) is 49.3 Å². The molecule has 7 nitrogen and oxygen atoms in total. The molecule has 0 spiro atoms. The Balaban J connectivity index is 1.41. The van der Waals surface area contributed by atoms with Crippen molar-refractivity contribution in [3.63, 3.8) is 0 Å². The smallest absolute Gasteiger partial charge is 0.243 e. The topological polar surface area (TPSA) is 78.0 Å². The van der Waals surface area contributed by atoms with Crippen LogP contribution in [0.1, 0.15) is 38.2 Å². The van der Waals surface area contributed by atoms with E-state index < -0.39 is 21.8 Å². The second-order valence-corrected chi connectivity index (χ2v) is 10.9. The molecule has 2 aliphatic heterocycles. The quantitative estimate of drug-likeness (QED) is 0.627. The van der Waals surface area contributed by atoms with E-state index in [4.69, 9.17) is 0 Å². The third kappa shape index (κ3) is 4.72. The monoisotopic (exact) mass is 487 g/mol. The molecule has 0 bridgehead atoms. The third-order valence-electron chi connectivity index (χ3n) is 6.85. The van der Waals surface area contributed by atoms with Gasteiger partial charge >= 0.3 is 0 Å². The summed E-state index contributed by atoms with van der Waals surface area (Å²) in [5.41, 5.74) is 1.97. The maximum Gasteiger partial charge on any atom is 0.243 e. The molecule has 2 fully saturated rings. The molecule has 2 saturated heterocycles. The average molecular weight is 488 g/mol. The van der Waals surface area contributed by atoms with Gasteiger partial charge in [-0.25, -0.2) is 12.8 Å². The summed E-state index contributed by atoms with van der Waals surface area (Å²) >= 11 is 0. The van der Waals surface area contributed by atoms with Crippen LogP contribution in [-0.2, 0) is 19.6 Å². The number of piperazine rings is 1. The van der Waals surface area contributed by atoms with Crippen molar-refractivity contribution < 1.29 is 22.4 Å². The van der Waals surface area contributed by atoms with Crippen LogP contribution >= 0.6 is 0 Å². The number of carbonyl (C=O) groups excluding carboxylic acids is 2. The molecule has 4 rings (SSSR count). The lowest BCUT2D eigenvalue weighted by atomic mass is 9.96.